The summed E-state index contributed by atoms with van der Waals surface area (Å²) in [5.74, 6) is -1.64. The summed E-state index contributed by atoms with van der Waals surface area (Å²) in [6.45, 7) is 0.103. The Morgan fingerprint density at radius 3 is 2.22 bits per heavy atom. The maximum atomic E-state index is 13.0. The van der Waals surface area contributed by atoms with Crippen molar-refractivity contribution in [2.75, 3.05) is 0 Å². The number of azo groups is 1. The molecule has 164 valence electrons. The zero-order chi connectivity index (χ0) is 22.3. The number of hydrogen-bond acceptors (Lipinski definition) is 7. The summed E-state index contributed by atoms with van der Waals surface area (Å²) in [5.41, 5.74) is -0.923. The Bertz CT molecular complexity index is 1380. The molecule has 11 heteroatoms. The molecule has 1 aliphatic rings. The number of carbonyl (C=O) groups is 2. The van der Waals surface area contributed by atoms with E-state index in [1.165, 1.54) is 26.2 Å². The second-order valence-corrected chi connectivity index (χ2v) is 6.96. The number of hydrogen-bond donors (Lipinski definition) is 1. The molecule has 0 unspecified atom stereocenters. The molecule has 0 radical (unpaired) electrons. The molecule has 0 atom stereocenters. The van der Waals surface area contributed by atoms with Gasteiger partial charge in [0, 0.05) is 14.1 Å². The maximum absolute atomic E-state index is 13.0. The van der Waals surface area contributed by atoms with Crippen LogP contribution < -0.4 is 11.2 Å². The van der Waals surface area contributed by atoms with E-state index < -0.39 is 34.6 Å². The average Bonchev–Trinajstić information content (AvgIpc) is 3.02. The molecule has 0 saturated carbocycles. The molecule has 0 bridgehead atoms. The van der Waals surface area contributed by atoms with Crippen LogP contribution in [0, 0.1) is 0 Å². The number of fused-ring (bicyclic) bond motifs is 1. The zero-order valence-electron chi connectivity index (χ0n) is 17.0. The van der Waals surface area contributed by atoms with Gasteiger partial charge >= 0.3 is 22.2 Å². The van der Waals surface area contributed by atoms with Gasteiger partial charge in [-0.1, -0.05) is 36.4 Å². The molecular weight excluding hydrogens is 461 g/mol. The quantitative estimate of drug-likeness (QED) is 0.349. The Morgan fingerprint density at radius 1 is 0.844 bits per heavy atom. The van der Waals surface area contributed by atoms with Crippen molar-refractivity contribution in [3.63, 3.8) is 0 Å². The zero-order valence-corrected chi connectivity index (χ0v) is 17.9. The van der Waals surface area contributed by atoms with Crippen LogP contribution in [0.15, 0.2) is 68.3 Å². The molecule has 0 aliphatic carbocycles. The molecule has 0 fully saturated rings. The summed E-state index contributed by atoms with van der Waals surface area (Å²) in [6.07, 6.45) is 0. The number of carbonyl (C=O) groups excluding carboxylic acids is 2. The molecule has 1 aromatic heterocycles. The minimum atomic E-state index is -0.843. The molecule has 1 aliphatic heterocycles. The standard InChI is InChI=1S/C21H17N5O5.Ni/c1-24-19(29)16(20(30)25(2)21(24)31)23-22-14-10-6-9-13-15(14)18(28)26(17(13)27)11-12-7-4-3-5-8-12;/h3-10,29H,11H2,1-2H3;/q;+2. The predicted octanol–water partition coefficient (Wildman–Crippen LogP) is 2.00. The number of imide groups is 1. The van der Waals surface area contributed by atoms with Gasteiger partial charge in [0.15, 0.2) is 0 Å². The first-order valence-corrected chi connectivity index (χ1v) is 9.25. The third-order valence-corrected chi connectivity index (χ3v) is 5.03. The van der Waals surface area contributed by atoms with E-state index in [9.17, 15) is 24.3 Å². The Labute approximate surface area is 191 Å². The molecule has 0 saturated heterocycles. The van der Waals surface area contributed by atoms with Gasteiger partial charge in [0.25, 0.3) is 17.4 Å². The van der Waals surface area contributed by atoms with Gasteiger partial charge < -0.3 is 5.11 Å². The number of nitrogens with zero attached hydrogens (tertiary/aromatic N) is 5. The van der Waals surface area contributed by atoms with Gasteiger partial charge in [0.1, 0.15) is 0 Å². The van der Waals surface area contributed by atoms with Crippen LogP contribution in [0.25, 0.3) is 0 Å². The van der Waals surface area contributed by atoms with E-state index in [-0.39, 0.29) is 39.9 Å². The van der Waals surface area contributed by atoms with E-state index in [1.807, 2.05) is 30.3 Å². The van der Waals surface area contributed by atoms with Crippen LogP contribution in [-0.2, 0) is 37.1 Å². The van der Waals surface area contributed by atoms with Gasteiger partial charge in [0.2, 0.25) is 11.6 Å². The van der Waals surface area contributed by atoms with Crippen molar-refractivity contribution in [1.82, 2.24) is 14.0 Å². The molecule has 2 amide bonds. The van der Waals surface area contributed by atoms with Crippen LogP contribution in [0.3, 0.4) is 0 Å². The van der Waals surface area contributed by atoms with Gasteiger partial charge in [-0.15, -0.1) is 10.2 Å². The van der Waals surface area contributed by atoms with E-state index in [0.717, 1.165) is 19.6 Å². The van der Waals surface area contributed by atoms with Crippen LogP contribution in [-0.4, -0.2) is 31.0 Å². The number of benzene rings is 2. The maximum Gasteiger partial charge on any atom is 2.00 e. The molecule has 2 aromatic carbocycles. The van der Waals surface area contributed by atoms with Crippen molar-refractivity contribution in [3.05, 3.63) is 86.1 Å². The van der Waals surface area contributed by atoms with E-state index in [2.05, 4.69) is 10.2 Å². The fourth-order valence-corrected chi connectivity index (χ4v) is 3.32. The molecule has 3 aromatic rings. The summed E-state index contributed by atoms with van der Waals surface area (Å²) in [4.78, 5) is 51.0. The average molecular weight is 478 g/mol. The van der Waals surface area contributed by atoms with Crippen molar-refractivity contribution < 1.29 is 31.2 Å². The Morgan fingerprint density at radius 2 is 1.53 bits per heavy atom. The first-order valence-electron chi connectivity index (χ1n) is 9.25. The largest absolute Gasteiger partial charge is 2.00 e. The van der Waals surface area contributed by atoms with E-state index in [0.29, 0.717) is 0 Å². The molecule has 0 spiro atoms. The second-order valence-electron chi connectivity index (χ2n) is 6.96. The Hall–Kier alpha value is -3.85. The first-order chi connectivity index (χ1) is 14.8. The van der Waals surface area contributed by atoms with E-state index in [4.69, 9.17) is 0 Å². The van der Waals surface area contributed by atoms with Gasteiger partial charge in [0.05, 0.1) is 23.4 Å². The summed E-state index contributed by atoms with van der Waals surface area (Å²) in [7, 11) is 2.52. The second kappa shape index (κ2) is 8.72. The molecule has 4 rings (SSSR count). The summed E-state index contributed by atoms with van der Waals surface area (Å²) < 4.78 is 1.63. The van der Waals surface area contributed by atoms with E-state index >= 15 is 0 Å². The van der Waals surface area contributed by atoms with Gasteiger partial charge in [-0.2, -0.15) is 0 Å². The van der Waals surface area contributed by atoms with Crippen molar-refractivity contribution in [1.29, 1.82) is 0 Å². The summed E-state index contributed by atoms with van der Waals surface area (Å²) >= 11 is 0. The fraction of sp³-hybridized carbons (Fsp3) is 0.143. The number of amides is 2. The smallest absolute Gasteiger partial charge is 0.493 e. The topological polar surface area (TPSA) is 126 Å². The normalized spacial score (nSPS) is 12.9. The van der Waals surface area contributed by atoms with E-state index in [1.54, 1.807) is 6.07 Å². The van der Waals surface area contributed by atoms with Gasteiger partial charge in [-0.3, -0.25) is 28.4 Å². The van der Waals surface area contributed by atoms with Gasteiger partial charge in [-0.05, 0) is 17.7 Å². The monoisotopic (exact) mass is 477 g/mol. The predicted molar refractivity (Wildman–Crippen MR) is 110 cm³/mol. The first kappa shape index (κ1) is 22.8. The van der Waals surface area contributed by atoms with Crippen LogP contribution in [0.5, 0.6) is 5.88 Å². The van der Waals surface area contributed by atoms with Crippen LogP contribution in [0.4, 0.5) is 11.4 Å². The Kier molecular flexibility index (Phi) is 6.22. The number of aromatic hydroxyl groups is 1. The minimum absolute atomic E-state index is 0. The fourth-order valence-electron chi connectivity index (χ4n) is 3.32. The van der Waals surface area contributed by atoms with Crippen molar-refractivity contribution in [2.45, 2.75) is 6.54 Å². The van der Waals surface area contributed by atoms with Crippen LogP contribution in [0.1, 0.15) is 26.3 Å². The molecule has 1 N–H and O–H groups in total. The SMILES string of the molecule is Cn1c(O)c(N=Nc2cccc3c2C(=O)N(Cc2ccccc2)C3=O)c(=O)n(C)c1=O.[Ni+2]. The number of aromatic nitrogens is 2. The molecule has 32 heavy (non-hydrogen) atoms. The third-order valence-electron chi connectivity index (χ3n) is 5.03. The van der Waals surface area contributed by atoms with Crippen LogP contribution in [0.2, 0.25) is 0 Å². The van der Waals surface area contributed by atoms with Crippen LogP contribution >= 0.6 is 0 Å². The molecule has 10 nitrogen and oxygen atoms in total. The summed E-state index contributed by atoms with van der Waals surface area (Å²) in [6, 6.07) is 13.6. The minimum Gasteiger partial charge on any atom is -0.493 e. The van der Waals surface area contributed by atoms with Gasteiger partial charge in [-0.25, -0.2) is 4.79 Å². The molecular formula is C21H17N5NiO5+2. The molecule has 2 heterocycles. The van der Waals surface area contributed by atoms with Crippen molar-refractivity contribution >= 4 is 23.2 Å². The number of rotatable bonds is 4. The Balaban J connectivity index is 0.00000289. The third kappa shape index (κ3) is 3.67. The van der Waals surface area contributed by atoms with Crippen molar-refractivity contribution in [3.8, 4) is 5.88 Å². The van der Waals surface area contributed by atoms with Crippen molar-refractivity contribution in [2.24, 2.45) is 24.3 Å². The summed E-state index contributed by atoms with van der Waals surface area (Å²) in [5, 5.41) is 17.9.